The number of carbonyl (C=O) groups excluding carboxylic acids is 1. The fourth-order valence-electron chi connectivity index (χ4n) is 1.43. The molecule has 0 aliphatic rings. The number of nitrogens with zero attached hydrogens (tertiary/aromatic N) is 1. The highest BCUT2D eigenvalue weighted by Crippen LogP contribution is 2.20. The first-order chi connectivity index (χ1) is 8.40. The van der Waals surface area contributed by atoms with E-state index in [0.717, 1.165) is 0 Å². The molecule has 0 bridgehead atoms. The number of hydrogen-bond acceptors (Lipinski definition) is 4. The third kappa shape index (κ3) is 3.74. The van der Waals surface area contributed by atoms with Gasteiger partial charge in [0.2, 0.25) is 0 Å². The van der Waals surface area contributed by atoms with Crippen molar-refractivity contribution in [2.75, 3.05) is 0 Å². The number of primary amides is 1. The molecule has 8 nitrogen and oxygen atoms in total. The van der Waals surface area contributed by atoms with E-state index >= 15 is 0 Å². The molecule has 4 N–H and O–H groups in total. The smallest absolute Gasteiger partial charge is 0.312 e. The summed E-state index contributed by atoms with van der Waals surface area (Å²) in [6.07, 6.45) is -0.360. The molecule has 0 fully saturated rings. The average molecular weight is 253 g/mol. The number of nitrogens with one attached hydrogen (secondary N) is 1. The average Bonchev–Trinajstić information content (AvgIpc) is 2.27. The van der Waals surface area contributed by atoms with Crippen molar-refractivity contribution in [3.05, 3.63) is 39.9 Å². The lowest BCUT2D eigenvalue weighted by Gasteiger charge is -2.15. The SMILES string of the molecule is NC(=O)NC(CC(=O)O)c1ccc([N+](=O)[O-])cc1. The number of carboxylic acid groups (broad SMARTS) is 1. The Hall–Kier alpha value is -2.64. The van der Waals surface area contributed by atoms with Gasteiger partial charge in [0.1, 0.15) is 0 Å². The van der Waals surface area contributed by atoms with Crippen LogP contribution in [0.1, 0.15) is 18.0 Å². The van der Waals surface area contributed by atoms with Crippen LogP contribution in [-0.4, -0.2) is 22.0 Å². The van der Waals surface area contributed by atoms with Gasteiger partial charge in [-0.3, -0.25) is 14.9 Å². The molecule has 96 valence electrons. The number of carboxylic acids is 1. The Kier molecular flexibility index (Phi) is 4.19. The van der Waals surface area contributed by atoms with E-state index in [-0.39, 0.29) is 12.1 Å². The Morgan fingerprint density at radius 1 is 1.39 bits per heavy atom. The molecule has 0 heterocycles. The van der Waals surface area contributed by atoms with Crippen LogP contribution >= 0.6 is 0 Å². The number of benzene rings is 1. The first kappa shape index (κ1) is 13.4. The van der Waals surface area contributed by atoms with Gasteiger partial charge in [0.15, 0.2) is 0 Å². The fourth-order valence-corrected chi connectivity index (χ4v) is 1.43. The Morgan fingerprint density at radius 2 is 1.94 bits per heavy atom. The van der Waals surface area contributed by atoms with Crippen molar-refractivity contribution in [2.24, 2.45) is 5.73 Å². The molecule has 0 radical (unpaired) electrons. The largest absolute Gasteiger partial charge is 0.481 e. The fraction of sp³-hybridized carbons (Fsp3) is 0.200. The Bertz CT molecular complexity index is 455. The van der Waals surface area contributed by atoms with Gasteiger partial charge in [-0.25, -0.2) is 4.79 Å². The first-order valence-electron chi connectivity index (χ1n) is 4.92. The second-order valence-electron chi connectivity index (χ2n) is 3.51. The predicted octanol–water partition coefficient (Wildman–Crippen LogP) is 0.779. The van der Waals surface area contributed by atoms with Gasteiger partial charge in [0.25, 0.3) is 5.69 Å². The van der Waals surface area contributed by atoms with E-state index in [0.29, 0.717) is 5.56 Å². The van der Waals surface area contributed by atoms with Gasteiger partial charge in [-0.05, 0) is 5.56 Å². The molecule has 0 spiro atoms. The van der Waals surface area contributed by atoms with E-state index in [9.17, 15) is 19.7 Å². The summed E-state index contributed by atoms with van der Waals surface area (Å²) in [6, 6.07) is 3.53. The standard InChI is InChI=1S/C10H11N3O5/c11-10(16)12-8(5-9(14)15)6-1-3-7(4-2-6)13(17)18/h1-4,8H,5H2,(H,14,15)(H3,11,12,16). The molecule has 1 unspecified atom stereocenters. The minimum Gasteiger partial charge on any atom is -0.481 e. The first-order valence-corrected chi connectivity index (χ1v) is 4.92. The minimum absolute atomic E-state index is 0.119. The van der Waals surface area contributed by atoms with Crippen molar-refractivity contribution in [3.63, 3.8) is 0 Å². The maximum absolute atomic E-state index is 10.7. The quantitative estimate of drug-likeness (QED) is 0.526. The van der Waals surface area contributed by atoms with Gasteiger partial charge < -0.3 is 16.2 Å². The molecule has 0 saturated heterocycles. The highest BCUT2D eigenvalue weighted by molar-refractivity contribution is 5.74. The Labute approximate surface area is 102 Å². The minimum atomic E-state index is -1.12. The van der Waals surface area contributed by atoms with Crippen LogP contribution in [0.4, 0.5) is 10.5 Å². The third-order valence-electron chi connectivity index (χ3n) is 2.20. The molecule has 0 aliphatic heterocycles. The highest BCUT2D eigenvalue weighted by Gasteiger charge is 2.17. The van der Waals surface area contributed by atoms with Crippen LogP contribution in [-0.2, 0) is 4.79 Å². The molecule has 1 aromatic carbocycles. The van der Waals surface area contributed by atoms with Crippen LogP contribution in [0.2, 0.25) is 0 Å². The van der Waals surface area contributed by atoms with Gasteiger partial charge in [-0.15, -0.1) is 0 Å². The van der Waals surface area contributed by atoms with E-state index < -0.39 is 23.0 Å². The maximum Gasteiger partial charge on any atom is 0.312 e. The molecule has 0 aromatic heterocycles. The van der Waals surface area contributed by atoms with Crippen LogP contribution in [0.3, 0.4) is 0 Å². The van der Waals surface area contributed by atoms with Crippen LogP contribution in [0.25, 0.3) is 0 Å². The lowest BCUT2D eigenvalue weighted by atomic mass is 10.0. The molecule has 1 atom stereocenters. The van der Waals surface area contributed by atoms with Crippen molar-refractivity contribution in [2.45, 2.75) is 12.5 Å². The summed E-state index contributed by atoms with van der Waals surface area (Å²) < 4.78 is 0. The number of nitro groups is 1. The number of non-ortho nitro benzene ring substituents is 1. The third-order valence-corrected chi connectivity index (χ3v) is 2.20. The molecule has 2 amide bonds. The number of carbonyl (C=O) groups is 2. The van der Waals surface area contributed by atoms with Crippen molar-refractivity contribution in [1.29, 1.82) is 0 Å². The summed E-state index contributed by atoms with van der Waals surface area (Å²) in [4.78, 5) is 31.3. The van der Waals surface area contributed by atoms with Crippen molar-refractivity contribution in [3.8, 4) is 0 Å². The molecule has 8 heteroatoms. The van der Waals surface area contributed by atoms with Gasteiger partial charge >= 0.3 is 12.0 Å². The maximum atomic E-state index is 10.7. The summed E-state index contributed by atoms with van der Waals surface area (Å²) in [6.45, 7) is 0. The summed E-state index contributed by atoms with van der Waals surface area (Å²) in [5.74, 6) is -1.12. The lowest BCUT2D eigenvalue weighted by Crippen LogP contribution is -2.34. The summed E-state index contributed by atoms with van der Waals surface area (Å²) >= 11 is 0. The number of amides is 2. The summed E-state index contributed by atoms with van der Waals surface area (Å²) in [7, 11) is 0. The monoisotopic (exact) mass is 253 g/mol. The molecule has 1 aromatic rings. The molecule has 0 saturated carbocycles. The zero-order valence-electron chi connectivity index (χ0n) is 9.20. The molecular formula is C10H11N3O5. The van der Waals surface area contributed by atoms with E-state index in [4.69, 9.17) is 10.8 Å². The lowest BCUT2D eigenvalue weighted by molar-refractivity contribution is -0.384. The van der Waals surface area contributed by atoms with E-state index in [1.54, 1.807) is 0 Å². The number of aliphatic carboxylic acids is 1. The second kappa shape index (κ2) is 5.62. The van der Waals surface area contributed by atoms with Crippen LogP contribution < -0.4 is 11.1 Å². The number of nitrogens with two attached hydrogens (primary N) is 1. The van der Waals surface area contributed by atoms with E-state index in [1.165, 1.54) is 24.3 Å². The van der Waals surface area contributed by atoms with Gasteiger partial charge in [-0.2, -0.15) is 0 Å². The van der Waals surface area contributed by atoms with Gasteiger partial charge in [0.05, 0.1) is 17.4 Å². The van der Waals surface area contributed by atoms with Crippen molar-refractivity contribution < 1.29 is 19.6 Å². The molecule has 18 heavy (non-hydrogen) atoms. The second-order valence-corrected chi connectivity index (χ2v) is 3.51. The molecule has 1 rings (SSSR count). The van der Waals surface area contributed by atoms with Crippen LogP contribution in [0, 0.1) is 10.1 Å². The van der Waals surface area contributed by atoms with Crippen molar-refractivity contribution >= 4 is 17.7 Å². The number of urea groups is 1. The summed E-state index contributed by atoms with van der Waals surface area (Å²) in [5.41, 5.74) is 5.25. The normalized spacial score (nSPS) is 11.6. The van der Waals surface area contributed by atoms with Gasteiger partial charge in [-0.1, -0.05) is 12.1 Å². The van der Waals surface area contributed by atoms with E-state index in [1.807, 2.05) is 0 Å². The number of rotatable bonds is 5. The Balaban J connectivity index is 2.93. The molecule has 0 aliphatic carbocycles. The summed E-state index contributed by atoms with van der Waals surface area (Å²) in [5, 5.41) is 21.4. The Morgan fingerprint density at radius 3 is 2.33 bits per heavy atom. The van der Waals surface area contributed by atoms with Gasteiger partial charge in [0, 0.05) is 12.1 Å². The zero-order valence-corrected chi connectivity index (χ0v) is 9.20. The topological polar surface area (TPSA) is 136 Å². The molecular weight excluding hydrogens is 242 g/mol. The van der Waals surface area contributed by atoms with Crippen LogP contribution in [0.15, 0.2) is 24.3 Å². The predicted molar refractivity (Wildman–Crippen MR) is 60.8 cm³/mol. The van der Waals surface area contributed by atoms with Crippen molar-refractivity contribution in [1.82, 2.24) is 5.32 Å². The van der Waals surface area contributed by atoms with Crippen LogP contribution in [0.5, 0.6) is 0 Å². The van der Waals surface area contributed by atoms with E-state index in [2.05, 4.69) is 5.32 Å². The number of hydrogen-bond donors (Lipinski definition) is 3. The highest BCUT2D eigenvalue weighted by atomic mass is 16.6. The number of nitro benzene ring substituents is 1. The zero-order chi connectivity index (χ0) is 13.7.